The summed E-state index contributed by atoms with van der Waals surface area (Å²) < 4.78 is 0. The third-order valence-corrected chi connectivity index (χ3v) is 4.02. The maximum atomic E-state index is 6.31. The number of nitrogens with zero attached hydrogens (tertiary/aromatic N) is 1. The van der Waals surface area contributed by atoms with E-state index < -0.39 is 12.3 Å². The summed E-state index contributed by atoms with van der Waals surface area (Å²) in [5.41, 5.74) is 10.5. The normalized spacial score (nSPS) is 13.2. The van der Waals surface area contributed by atoms with Crippen LogP contribution in [-0.2, 0) is 0 Å². The molecule has 2 atom stereocenters. The molecular formula is C23H21N3. The van der Waals surface area contributed by atoms with Gasteiger partial charge in [-0.25, -0.2) is 0 Å². The van der Waals surface area contributed by atoms with Gasteiger partial charge in [-0.05, 0) is 28.3 Å². The maximum Gasteiger partial charge on any atom is 0.163 e. The monoisotopic (exact) mass is 339 g/mol. The summed E-state index contributed by atoms with van der Waals surface area (Å²) in [7, 11) is 0. The predicted molar refractivity (Wildman–Crippen MR) is 109 cm³/mol. The van der Waals surface area contributed by atoms with E-state index in [1.54, 1.807) is 6.21 Å². The average molecular weight is 339 g/mol. The summed E-state index contributed by atoms with van der Waals surface area (Å²) in [4.78, 5) is 4.41. The minimum absolute atomic E-state index is 0.410. The zero-order valence-corrected chi connectivity index (χ0v) is 14.4. The van der Waals surface area contributed by atoms with Gasteiger partial charge in [-0.3, -0.25) is 10.3 Å². The van der Waals surface area contributed by atoms with Gasteiger partial charge in [0.1, 0.15) is 0 Å². The Morgan fingerprint density at radius 3 is 2.23 bits per heavy atom. The Balaban J connectivity index is 1.72. The molecule has 0 spiro atoms. The molecule has 0 aliphatic rings. The topological polar surface area (TPSA) is 50.4 Å². The summed E-state index contributed by atoms with van der Waals surface area (Å²) >= 11 is 0. The van der Waals surface area contributed by atoms with Gasteiger partial charge < -0.3 is 5.73 Å². The Hall–Kier alpha value is -3.19. The Morgan fingerprint density at radius 1 is 0.885 bits per heavy atom. The molecule has 3 rings (SSSR count). The van der Waals surface area contributed by atoms with Gasteiger partial charge in [0.05, 0.1) is 6.17 Å². The molecule has 3 heteroatoms. The summed E-state index contributed by atoms with van der Waals surface area (Å²) in [6.45, 7) is 0. The van der Waals surface area contributed by atoms with Gasteiger partial charge in [0, 0.05) is 6.21 Å². The van der Waals surface area contributed by atoms with Crippen LogP contribution in [0.4, 0.5) is 0 Å². The van der Waals surface area contributed by atoms with Crippen molar-refractivity contribution in [3.05, 3.63) is 96.1 Å². The summed E-state index contributed by atoms with van der Waals surface area (Å²) in [5, 5.41) is 3.18. The molecule has 2 unspecified atom stereocenters. The van der Waals surface area contributed by atoms with Crippen molar-refractivity contribution in [3.8, 4) is 23.5 Å². The highest BCUT2D eigenvalue weighted by Crippen LogP contribution is 2.21. The predicted octanol–water partition coefficient (Wildman–Crippen LogP) is 3.98. The molecule has 3 aromatic carbocycles. The van der Waals surface area contributed by atoms with E-state index in [9.17, 15) is 0 Å². The third-order valence-electron chi connectivity index (χ3n) is 4.02. The van der Waals surface area contributed by atoms with Crippen LogP contribution in [0, 0.1) is 12.3 Å². The Labute approximate surface area is 154 Å². The van der Waals surface area contributed by atoms with E-state index in [1.807, 2.05) is 60.7 Å². The lowest BCUT2D eigenvalue weighted by Gasteiger charge is -2.17. The molecule has 3 N–H and O–H groups in total. The van der Waals surface area contributed by atoms with Crippen molar-refractivity contribution in [1.29, 1.82) is 0 Å². The smallest absolute Gasteiger partial charge is 0.163 e. The molecule has 0 saturated heterocycles. The Morgan fingerprint density at radius 2 is 1.54 bits per heavy atom. The number of hydrogen-bond donors (Lipinski definition) is 2. The number of hydrogen-bond acceptors (Lipinski definition) is 3. The van der Waals surface area contributed by atoms with Crippen molar-refractivity contribution >= 4 is 6.21 Å². The van der Waals surface area contributed by atoms with E-state index in [-0.39, 0.29) is 0 Å². The molecule has 128 valence electrons. The van der Waals surface area contributed by atoms with Gasteiger partial charge >= 0.3 is 0 Å². The first kappa shape index (κ1) is 17.6. The van der Waals surface area contributed by atoms with Crippen molar-refractivity contribution < 1.29 is 0 Å². The average Bonchev–Trinajstić information content (AvgIpc) is 2.72. The summed E-state index contributed by atoms with van der Waals surface area (Å²) in [6, 6.07) is 28.1. The largest absolute Gasteiger partial charge is 0.312 e. The van der Waals surface area contributed by atoms with Crippen molar-refractivity contribution in [1.82, 2.24) is 5.32 Å². The molecule has 0 bridgehead atoms. The van der Waals surface area contributed by atoms with Gasteiger partial charge in [-0.2, -0.15) is 0 Å². The molecule has 0 heterocycles. The standard InChI is InChI=1S/C23H21N3/c1-2-22(25-17-18-10-5-3-6-11-18)26-23(24)21-15-9-14-20(16-21)19-12-7-4-8-13-19/h1,3-17,22-23,26H,24H2/b25-17+. The fourth-order valence-corrected chi connectivity index (χ4v) is 2.64. The van der Waals surface area contributed by atoms with Crippen LogP contribution in [0.25, 0.3) is 11.1 Å². The van der Waals surface area contributed by atoms with Crippen LogP contribution in [0.2, 0.25) is 0 Å². The lowest BCUT2D eigenvalue weighted by atomic mass is 10.0. The second-order valence-electron chi connectivity index (χ2n) is 5.89. The SMILES string of the molecule is C#CC(/N=C/c1ccccc1)NC(N)c1cccc(-c2ccccc2)c1. The van der Waals surface area contributed by atoms with Gasteiger partial charge in [-0.1, -0.05) is 84.8 Å². The van der Waals surface area contributed by atoms with E-state index in [2.05, 4.69) is 40.5 Å². The van der Waals surface area contributed by atoms with Gasteiger partial charge in [0.15, 0.2) is 6.17 Å². The van der Waals surface area contributed by atoms with Gasteiger partial charge in [-0.15, -0.1) is 6.42 Å². The number of rotatable bonds is 6. The third kappa shape index (κ3) is 4.67. The molecule has 0 fully saturated rings. The van der Waals surface area contributed by atoms with E-state index in [0.29, 0.717) is 0 Å². The second kappa shape index (κ2) is 8.77. The van der Waals surface area contributed by atoms with Crippen molar-refractivity contribution in [2.24, 2.45) is 10.7 Å². The molecule has 0 aliphatic heterocycles. The first-order valence-corrected chi connectivity index (χ1v) is 8.47. The number of nitrogens with one attached hydrogen (secondary N) is 1. The molecule has 0 aliphatic carbocycles. The van der Waals surface area contributed by atoms with Crippen molar-refractivity contribution in [2.75, 3.05) is 0 Å². The van der Waals surface area contributed by atoms with Crippen LogP contribution in [-0.4, -0.2) is 12.4 Å². The van der Waals surface area contributed by atoms with Crippen LogP contribution >= 0.6 is 0 Å². The first-order chi connectivity index (χ1) is 12.8. The van der Waals surface area contributed by atoms with Gasteiger partial charge in [0.2, 0.25) is 0 Å². The molecule has 3 nitrogen and oxygen atoms in total. The van der Waals surface area contributed by atoms with Crippen LogP contribution in [0.5, 0.6) is 0 Å². The number of nitrogens with two attached hydrogens (primary N) is 1. The number of terminal acetylenes is 1. The molecule has 0 saturated carbocycles. The Bertz CT molecular complexity index is 895. The number of aliphatic imine (C=N–C) groups is 1. The molecule has 3 aromatic rings. The zero-order valence-electron chi connectivity index (χ0n) is 14.4. The van der Waals surface area contributed by atoms with Crippen molar-refractivity contribution in [2.45, 2.75) is 12.3 Å². The van der Waals surface area contributed by atoms with Crippen LogP contribution < -0.4 is 11.1 Å². The minimum Gasteiger partial charge on any atom is -0.312 e. The maximum absolute atomic E-state index is 6.31. The first-order valence-electron chi connectivity index (χ1n) is 8.47. The highest BCUT2D eigenvalue weighted by molar-refractivity contribution is 5.79. The van der Waals surface area contributed by atoms with E-state index >= 15 is 0 Å². The van der Waals surface area contributed by atoms with Crippen molar-refractivity contribution in [3.63, 3.8) is 0 Å². The quantitative estimate of drug-likeness (QED) is 0.405. The van der Waals surface area contributed by atoms with E-state index in [1.165, 1.54) is 0 Å². The lowest BCUT2D eigenvalue weighted by molar-refractivity contribution is 0.517. The molecule has 26 heavy (non-hydrogen) atoms. The van der Waals surface area contributed by atoms with E-state index in [0.717, 1.165) is 22.3 Å². The molecule has 0 aromatic heterocycles. The van der Waals surface area contributed by atoms with Crippen LogP contribution in [0.3, 0.4) is 0 Å². The van der Waals surface area contributed by atoms with Crippen LogP contribution in [0.15, 0.2) is 89.9 Å². The minimum atomic E-state index is -0.495. The summed E-state index contributed by atoms with van der Waals surface area (Å²) in [6.07, 6.45) is 6.45. The molecule has 0 amide bonds. The fourth-order valence-electron chi connectivity index (χ4n) is 2.64. The Kier molecular flexibility index (Phi) is 5.95. The molecular weight excluding hydrogens is 318 g/mol. The van der Waals surface area contributed by atoms with E-state index in [4.69, 9.17) is 12.2 Å². The second-order valence-corrected chi connectivity index (χ2v) is 5.89. The van der Waals surface area contributed by atoms with Crippen LogP contribution in [0.1, 0.15) is 17.3 Å². The van der Waals surface area contributed by atoms with Gasteiger partial charge in [0.25, 0.3) is 0 Å². The highest BCUT2D eigenvalue weighted by Gasteiger charge is 2.11. The number of benzene rings is 3. The zero-order chi connectivity index (χ0) is 18.2. The molecule has 0 radical (unpaired) electrons. The summed E-state index contributed by atoms with van der Waals surface area (Å²) in [5.74, 6) is 2.63. The lowest BCUT2D eigenvalue weighted by Crippen LogP contribution is -2.35. The fraction of sp³-hybridized carbons (Fsp3) is 0.0870. The highest BCUT2D eigenvalue weighted by atomic mass is 15.1.